The lowest BCUT2D eigenvalue weighted by atomic mass is 9.96. The molecule has 3 rings (SSSR count). The third-order valence-electron chi connectivity index (χ3n) is 3.30. The second-order valence-electron chi connectivity index (χ2n) is 4.47. The highest BCUT2D eigenvalue weighted by molar-refractivity contribution is 5.72. The van der Waals surface area contributed by atoms with Gasteiger partial charge < -0.3 is 4.74 Å². The molecule has 92 valence electrons. The normalized spacial score (nSPS) is 17.8. The molecule has 2 aromatic carbocycles. The van der Waals surface area contributed by atoms with Crippen LogP contribution in [0.3, 0.4) is 0 Å². The van der Waals surface area contributed by atoms with Crippen LogP contribution in [-0.4, -0.2) is 6.61 Å². The lowest BCUT2D eigenvalue weighted by molar-refractivity contribution is 0.134. The summed E-state index contributed by atoms with van der Waals surface area (Å²) < 4.78 is 5.80. The zero-order valence-electron chi connectivity index (χ0n) is 10.4. The summed E-state index contributed by atoms with van der Waals surface area (Å²) in [6.07, 6.45) is 2.09. The van der Waals surface area contributed by atoms with E-state index < -0.39 is 0 Å². The molecule has 0 radical (unpaired) electrons. The zero-order valence-corrected chi connectivity index (χ0v) is 10.4. The predicted octanol–water partition coefficient (Wildman–Crippen LogP) is 3.71. The molecule has 2 aromatic rings. The Morgan fingerprint density at radius 2 is 1.74 bits per heavy atom. The molecule has 1 aliphatic rings. The lowest BCUT2D eigenvalue weighted by Gasteiger charge is -2.15. The van der Waals surface area contributed by atoms with Crippen LogP contribution in [0.4, 0.5) is 0 Å². The van der Waals surface area contributed by atoms with Crippen LogP contribution in [0.2, 0.25) is 0 Å². The number of nitrogens with zero attached hydrogens (tertiary/aromatic N) is 1. The van der Waals surface area contributed by atoms with E-state index >= 15 is 0 Å². The Balaban J connectivity index is 1.93. The molecule has 0 fully saturated rings. The van der Waals surface area contributed by atoms with Crippen molar-refractivity contribution in [3.8, 4) is 6.07 Å². The van der Waals surface area contributed by atoms with Gasteiger partial charge in [0, 0.05) is 0 Å². The van der Waals surface area contributed by atoms with Gasteiger partial charge in [0.25, 0.3) is 0 Å². The topological polar surface area (TPSA) is 33.0 Å². The van der Waals surface area contributed by atoms with Crippen LogP contribution < -0.4 is 0 Å². The molecule has 0 saturated heterocycles. The minimum Gasteiger partial charge on any atom is -0.365 e. The number of rotatable bonds is 2. The van der Waals surface area contributed by atoms with E-state index in [-0.39, 0.29) is 6.10 Å². The van der Waals surface area contributed by atoms with Crippen molar-refractivity contribution >= 4 is 5.57 Å². The molecule has 0 saturated carbocycles. The molecular formula is C17H13NO. The zero-order chi connectivity index (χ0) is 13.1. The molecule has 0 amide bonds. The van der Waals surface area contributed by atoms with E-state index in [1.165, 1.54) is 11.1 Å². The standard InChI is InChI=1S/C17H13NO/c18-12-13-6-8-15(9-7-13)17-16(10-11-19-17)14-4-2-1-3-5-14/h1-10,17H,11H2. The van der Waals surface area contributed by atoms with E-state index in [1.54, 1.807) is 0 Å². The van der Waals surface area contributed by atoms with Crippen molar-refractivity contribution in [2.75, 3.05) is 6.61 Å². The first-order valence-corrected chi connectivity index (χ1v) is 6.25. The Morgan fingerprint density at radius 1 is 1.00 bits per heavy atom. The molecule has 1 unspecified atom stereocenters. The van der Waals surface area contributed by atoms with Gasteiger partial charge in [-0.3, -0.25) is 0 Å². The number of hydrogen-bond acceptors (Lipinski definition) is 2. The third kappa shape index (κ3) is 2.29. The first kappa shape index (κ1) is 11.7. The summed E-state index contributed by atoms with van der Waals surface area (Å²) in [6, 6.07) is 20.0. The highest BCUT2D eigenvalue weighted by atomic mass is 16.5. The molecule has 2 nitrogen and oxygen atoms in total. The minimum absolute atomic E-state index is 0.0323. The number of benzene rings is 2. The molecule has 0 spiro atoms. The summed E-state index contributed by atoms with van der Waals surface area (Å²) in [6.45, 7) is 0.634. The number of nitriles is 1. The fourth-order valence-electron chi connectivity index (χ4n) is 2.34. The van der Waals surface area contributed by atoms with Crippen molar-refractivity contribution in [1.29, 1.82) is 5.26 Å². The van der Waals surface area contributed by atoms with Crippen LogP contribution in [0.25, 0.3) is 5.57 Å². The SMILES string of the molecule is N#Cc1ccc(C2OCC=C2c2ccccc2)cc1. The largest absolute Gasteiger partial charge is 0.365 e. The molecule has 0 aliphatic carbocycles. The van der Waals surface area contributed by atoms with Gasteiger partial charge in [0.05, 0.1) is 18.2 Å². The van der Waals surface area contributed by atoms with E-state index in [1.807, 2.05) is 42.5 Å². The first-order valence-electron chi connectivity index (χ1n) is 6.25. The van der Waals surface area contributed by atoms with Crippen molar-refractivity contribution in [2.24, 2.45) is 0 Å². The number of hydrogen-bond donors (Lipinski definition) is 0. The van der Waals surface area contributed by atoms with Gasteiger partial charge in [-0.2, -0.15) is 5.26 Å². The summed E-state index contributed by atoms with van der Waals surface area (Å²) in [7, 11) is 0. The van der Waals surface area contributed by atoms with E-state index in [0.717, 1.165) is 5.56 Å². The van der Waals surface area contributed by atoms with Crippen molar-refractivity contribution in [2.45, 2.75) is 6.10 Å². The number of ether oxygens (including phenoxy) is 1. The predicted molar refractivity (Wildman–Crippen MR) is 74.3 cm³/mol. The second kappa shape index (κ2) is 5.09. The van der Waals surface area contributed by atoms with Crippen molar-refractivity contribution in [3.63, 3.8) is 0 Å². The fraction of sp³-hybridized carbons (Fsp3) is 0.118. The van der Waals surface area contributed by atoms with Crippen LogP contribution in [0.5, 0.6) is 0 Å². The Morgan fingerprint density at radius 3 is 2.42 bits per heavy atom. The molecule has 2 heteroatoms. The van der Waals surface area contributed by atoms with Crippen molar-refractivity contribution in [3.05, 3.63) is 77.4 Å². The van der Waals surface area contributed by atoms with E-state index in [0.29, 0.717) is 12.2 Å². The van der Waals surface area contributed by atoms with Gasteiger partial charge in [-0.25, -0.2) is 0 Å². The maximum Gasteiger partial charge on any atom is 0.108 e. The first-order chi connectivity index (χ1) is 9.38. The summed E-state index contributed by atoms with van der Waals surface area (Å²) >= 11 is 0. The van der Waals surface area contributed by atoms with Gasteiger partial charge in [-0.1, -0.05) is 48.5 Å². The van der Waals surface area contributed by atoms with Crippen LogP contribution in [0, 0.1) is 11.3 Å². The summed E-state index contributed by atoms with van der Waals surface area (Å²) in [5.41, 5.74) is 4.15. The summed E-state index contributed by atoms with van der Waals surface area (Å²) in [5.74, 6) is 0. The van der Waals surface area contributed by atoms with Crippen LogP contribution in [-0.2, 0) is 4.74 Å². The summed E-state index contributed by atoms with van der Waals surface area (Å²) in [4.78, 5) is 0. The molecule has 1 atom stereocenters. The van der Waals surface area contributed by atoms with Crippen LogP contribution in [0.1, 0.15) is 22.8 Å². The molecule has 1 heterocycles. The quantitative estimate of drug-likeness (QED) is 0.810. The third-order valence-corrected chi connectivity index (χ3v) is 3.30. The molecular weight excluding hydrogens is 234 g/mol. The molecule has 1 aliphatic heterocycles. The van der Waals surface area contributed by atoms with Crippen molar-refractivity contribution in [1.82, 2.24) is 0 Å². The molecule has 0 aromatic heterocycles. The summed E-state index contributed by atoms with van der Waals surface area (Å²) in [5, 5.41) is 8.83. The maximum absolute atomic E-state index is 8.83. The lowest BCUT2D eigenvalue weighted by Crippen LogP contribution is -2.00. The van der Waals surface area contributed by atoms with Gasteiger partial charge in [0.15, 0.2) is 0 Å². The minimum atomic E-state index is -0.0323. The second-order valence-corrected chi connectivity index (χ2v) is 4.47. The van der Waals surface area contributed by atoms with E-state index in [2.05, 4.69) is 24.3 Å². The van der Waals surface area contributed by atoms with E-state index in [9.17, 15) is 0 Å². The average molecular weight is 247 g/mol. The average Bonchev–Trinajstić information content (AvgIpc) is 2.98. The van der Waals surface area contributed by atoms with E-state index in [4.69, 9.17) is 10.00 Å². The van der Waals surface area contributed by atoms with Gasteiger partial charge in [-0.15, -0.1) is 0 Å². The fourth-order valence-corrected chi connectivity index (χ4v) is 2.34. The molecule has 0 N–H and O–H groups in total. The highest BCUT2D eigenvalue weighted by Gasteiger charge is 2.22. The van der Waals surface area contributed by atoms with Crippen LogP contribution >= 0.6 is 0 Å². The van der Waals surface area contributed by atoms with Gasteiger partial charge in [-0.05, 0) is 28.8 Å². The van der Waals surface area contributed by atoms with Gasteiger partial charge >= 0.3 is 0 Å². The maximum atomic E-state index is 8.83. The monoisotopic (exact) mass is 247 g/mol. The highest BCUT2D eigenvalue weighted by Crippen LogP contribution is 2.36. The Kier molecular flexibility index (Phi) is 3.14. The Bertz CT molecular complexity index is 635. The smallest absolute Gasteiger partial charge is 0.108 e. The molecule has 0 bridgehead atoms. The van der Waals surface area contributed by atoms with Gasteiger partial charge in [0.1, 0.15) is 6.10 Å². The molecule has 19 heavy (non-hydrogen) atoms. The Hall–Kier alpha value is -2.37. The van der Waals surface area contributed by atoms with Crippen LogP contribution in [0.15, 0.2) is 60.7 Å². The van der Waals surface area contributed by atoms with Crippen molar-refractivity contribution < 1.29 is 4.74 Å². The Labute approximate surface area is 112 Å². The van der Waals surface area contributed by atoms with Gasteiger partial charge in [0.2, 0.25) is 0 Å².